The number of oxazole rings is 1. The number of aliphatic hydroxyl groups excluding tert-OH is 1. The smallest absolute Gasteiger partial charge is 0.273 e. The number of hydrogen-bond acceptors (Lipinski definition) is 8. The average molecular weight is 402 g/mol. The summed E-state index contributed by atoms with van der Waals surface area (Å²) in [5.74, 6) is 1.66. The van der Waals surface area contributed by atoms with Gasteiger partial charge in [0, 0.05) is 39.3 Å². The predicted octanol–water partition coefficient (Wildman–Crippen LogP) is 0.832. The fraction of sp³-hybridized carbons (Fsp3) is 0.500. The lowest BCUT2D eigenvalue weighted by atomic mass is 10.2. The fourth-order valence-corrected chi connectivity index (χ4v) is 3.51. The maximum absolute atomic E-state index is 12.4. The van der Waals surface area contributed by atoms with Crippen molar-refractivity contribution >= 4 is 5.91 Å². The number of benzene rings is 1. The normalized spacial score (nSPS) is 18.0. The number of β-amino-alcohol motifs (C(OH)–C–C–N with tert-alkyl or cyclic N) is 1. The first kappa shape index (κ1) is 19.7. The summed E-state index contributed by atoms with van der Waals surface area (Å²) in [6.07, 6.45) is 1.08. The van der Waals surface area contributed by atoms with Gasteiger partial charge in [0.25, 0.3) is 5.91 Å². The summed E-state index contributed by atoms with van der Waals surface area (Å²) in [7, 11) is 0. The van der Waals surface area contributed by atoms with Crippen molar-refractivity contribution in [1.82, 2.24) is 20.1 Å². The zero-order valence-electron chi connectivity index (χ0n) is 16.5. The van der Waals surface area contributed by atoms with Gasteiger partial charge in [-0.05, 0) is 24.6 Å². The number of piperazine rings is 1. The molecule has 0 spiro atoms. The van der Waals surface area contributed by atoms with Crippen molar-refractivity contribution in [2.75, 3.05) is 39.5 Å². The van der Waals surface area contributed by atoms with E-state index in [4.69, 9.17) is 13.9 Å². The lowest BCUT2D eigenvalue weighted by Crippen LogP contribution is -2.47. The summed E-state index contributed by atoms with van der Waals surface area (Å²) < 4.78 is 16.1. The van der Waals surface area contributed by atoms with Crippen LogP contribution >= 0.6 is 0 Å². The second-order valence-electron chi connectivity index (χ2n) is 7.42. The molecule has 0 aliphatic carbocycles. The molecule has 29 heavy (non-hydrogen) atoms. The van der Waals surface area contributed by atoms with Gasteiger partial charge < -0.3 is 24.3 Å². The van der Waals surface area contributed by atoms with Crippen molar-refractivity contribution in [3.63, 3.8) is 0 Å². The van der Waals surface area contributed by atoms with Crippen molar-refractivity contribution in [3.8, 4) is 11.5 Å². The van der Waals surface area contributed by atoms with Crippen LogP contribution < -0.4 is 14.8 Å². The van der Waals surface area contributed by atoms with E-state index in [0.717, 1.165) is 31.7 Å². The number of amides is 1. The van der Waals surface area contributed by atoms with Crippen LogP contribution in [0.5, 0.6) is 11.5 Å². The summed E-state index contributed by atoms with van der Waals surface area (Å²) in [6, 6.07) is 5.58. The molecule has 3 heterocycles. The molecule has 1 saturated heterocycles. The molecule has 1 aromatic carbocycles. The topological polar surface area (TPSA) is 100 Å². The van der Waals surface area contributed by atoms with Crippen LogP contribution in [-0.4, -0.2) is 71.4 Å². The first-order chi connectivity index (χ1) is 14.1. The van der Waals surface area contributed by atoms with E-state index in [9.17, 15) is 9.90 Å². The van der Waals surface area contributed by atoms with Gasteiger partial charge in [-0.3, -0.25) is 14.6 Å². The van der Waals surface area contributed by atoms with Crippen molar-refractivity contribution in [3.05, 3.63) is 41.6 Å². The van der Waals surface area contributed by atoms with Crippen LogP contribution in [0.4, 0.5) is 0 Å². The van der Waals surface area contributed by atoms with Crippen molar-refractivity contribution in [1.29, 1.82) is 0 Å². The number of nitrogens with one attached hydrogen (secondary N) is 1. The summed E-state index contributed by atoms with van der Waals surface area (Å²) in [4.78, 5) is 21.2. The van der Waals surface area contributed by atoms with E-state index >= 15 is 0 Å². The van der Waals surface area contributed by atoms with Gasteiger partial charge >= 0.3 is 0 Å². The minimum atomic E-state index is -0.313. The van der Waals surface area contributed by atoms with Gasteiger partial charge in [0.15, 0.2) is 17.2 Å². The van der Waals surface area contributed by atoms with Crippen LogP contribution in [-0.2, 0) is 13.1 Å². The van der Waals surface area contributed by atoms with Crippen LogP contribution in [0.15, 0.2) is 28.9 Å². The zero-order chi connectivity index (χ0) is 20.2. The van der Waals surface area contributed by atoms with E-state index in [2.05, 4.69) is 20.1 Å². The molecule has 2 N–H and O–H groups in total. The Balaban J connectivity index is 1.25. The molecule has 4 rings (SSSR count). The summed E-state index contributed by atoms with van der Waals surface area (Å²) in [5.41, 5.74) is 1.19. The summed E-state index contributed by atoms with van der Waals surface area (Å²) in [6.45, 7) is 7.20. The number of fused-ring (bicyclic) bond motifs is 1. The third-order valence-electron chi connectivity index (χ3n) is 5.02. The number of nitrogens with zero attached hydrogens (tertiary/aromatic N) is 3. The second-order valence-corrected chi connectivity index (χ2v) is 7.42. The molecule has 9 heteroatoms. The van der Waals surface area contributed by atoms with Crippen LogP contribution in [0.25, 0.3) is 0 Å². The van der Waals surface area contributed by atoms with Crippen molar-refractivity contribution in [2.24, 2.45) is 0 Å². The molecule has 2 aromatic rings. The standard InChI is InChI=1S/C20H26N4O5/c1-14(25)10-23-4-6-24(7-5-23)11-19-22-16(12-27-19)20(26)21-9-15-2-3-17-18(8-15)29-13-28-17/h2-3,8,12,14,25H,4-7,9-11,13H2,1H3,(H,21,26)/t14-/m0/s1. The van der Waals surface area contributed by atoms with Crippen molar-refractivity contribution < 1.29 is 23.8 Å². The molecule has 9 nitrogen and oxygen atoms in total. The molecule has 2 aliphatic heterocycles. The van der Waals surface area contributed by atoms with Gasteiger partial charge in [0.05, 0.1) is 12.6 Å². The maximum atomic E-state index is 12.4. The third-order valence-corrected chi connectivity index (χ3v) is 5.02. The number of hydrogen-bond donors (Lipinski definition) is 2. The van der Waals surface area contributed by atoms with Gasteiger partial charge in [-0.1, -0.05) is 6.07 Å². The number of aromatic nitrogens is 1. The highest BCUT2D eigenvalue weighted by Gasteiger charge is 2.20. The van der Waals surface area contributed by atoms with Crippen LogP contribution in [0.2, 0.25) is 0 Å². The van der Waals surface area contributed by atoms with E-state index in [1.807, 2.05) is 18.2 Å². The number of carbonyl (C=O) groups excluding carboxylic acids is 1. The minimum absolute atomic E-state index is 0.225. The molecule has 1 fully saturated rings. The molecular formula is C20H26N4O5. The molecule has 1 amide bonds. The molecule has 0 unspecified atom stereocenters. The molecule has 1 atom stereocenters. The Bertz CT molecular complexity index is 845. The summed E-state index contributed by atoms with van der Waals surface area (Å²) >= 11 is 0. The third kappa shape index (κ3) is 5.06. The molecule has 2 aliphatic rings. The number of aliphatic hydroxyl groups is 1. The van der Waals surface area contributed by atoms with Crippen LogP contribution in [0.3, 0.4) is 0 Å². The van der Waals surface area contributed by atoms with Gasteiger partial charge in [-0.25, -0.2) is 4.98 Å². The Labute approximate surface area is 169 Å². The van der Waals surface area contributed by atoms with Gasteiger partial charge in [0.2, 0.25) is 12.7 Å². The monoisotopic (exact) mass is 402 g/mol. The Morgan fingerprint density at radius 3 is 2.76 bits per heavy atom. The largest absolute Gasteiger partial charge is 0.454 e. The molecule has 1 aromatic heterocycles. The molecular weight excluding hydrogens is 376 g/mol. The maximum Gasteiger partial charge on any atom is 0.273 e. The SMILES string of the molecule is C[C@H](O)CN1CCN(Cc2nc(C(=O)NCc3ccc4c(c3)OCO4)co2)CC1. The van der Waals surface area contributed by atoms with Gasteiger partial charge in [-0.15, -0.1) is 0 Å². The van der Waals surface area contributed by atoms with E-state index in [1.54, 1.807) is 6.92 Å². The fourth-order valence-electron chi connectivity index (χ4n) is 3.51. The Morgan fingerprint density at radius 2 is 1.97 bits per heavy atom. The van der Waals surface area contributed by atoms with Crippen LogP contribution in [0, 0.1) is 0 Å². The minimum Gasteiger partial charge on any atom is -0.454 e. The van der Waals surface area contributed by atoms with E-state index in [1.165, 1.54) is 6.26 Å². The second kappa shape index (κ2) is 8.81. The Hall–Kier alpha value is -2.62. The zero-order valence-corrected chi connectivity index (χ0v) is 16.5. The molecule has 0 saturated carbocycles. The van der Waals surface area contributed by atoms with E-state index in [0.29, 0.717) is 37.0 Å². The number of carbonyl (C=O) groups is 1. The number of rotatable bonds is 7. The van der Waals surface area contributed by atoms with Gasteiger partial charge in [-0.2, -0.15) is 0 Å². The highest BCUT2D eigenvalue weighted by atomic mass is 16.7. The highest BCUT2D eigenvalue weighted by molar-refractivity contribution is 5.91. The lowest BCUT2D eigenvalue weighted by Gasteiger charge is -2.34. The highest BCUT2D eigenvalue weighted by Crippen LogP contribution is 2.32. The average Bonchev–Trinajstić information content (AvgIpc) is 3.36. The number of ether oxygens (including phenoxy) is 2. The lowest BCUT2D eigenvalue weighted by molar-refractivity contribution is 0.0747. The van der Waals surface area contributed by atoms with Crippen LogP contribution in [0.1, 0.15) is 28.9 Å². The van der Waals surface area contributed by atoms with E-state index < -0.39 is 0 Å². The predicted molar refractivity (Wildman–Crippen MR) is 104 cm³/mol. The molecule has 156 valence electrons. The summed E-state index contributed by atoms with van der Waals surface area (Å²) in [5, 5.41) is 12.3. The molecule has 0 bridgehead atoms. The Kier molecular flexibility index (Phi) is 5.98. The van der Waals surface area contributed by atoms with Gasteiger partial charge in [0.1, 0.15) is 6.26 Å². The first-order valence-electron chi connectivity index (χ1n) is 9.81. The van der Waals surface area contributed by atoms with E-state index in [-0.39, 0.29) is 24.5 Å². The Morgan fingerprint density at radius 1 is 1.21 bits per heavy atom. The quantitative estimate of drug-likeness (QED) is 0.703. The van der Waals surface area contributed by atoms with Crippen molar-refractivity contribution in [2.45, 2.75) is 26.1 Å². The first-order valence-corrected chi connectivity index (χ1v) is 9.81. The molecule has 0 radical (unpaired) electrons.